The number of nitrogens with one attached hydrogen (secondary N) is 1. The van der Waals surface area contributed by atoms with Gasteiger partial charge in [0, 0.05) is 4.90 Å². The Morgan fingerprint density at radius 2 is 2.12 bits per heavy atom. The lowest BCUT2D eigenvalue weighted by atomic mass is 10.3. The van der Waals surface area contributed by atoms with Crippen molar-refractivity contribution in [3.63, 3.8) is 0 Å². The summed E-state index contributed by atoms with van der Waals surface area (Å²) in [7, 11) is 0. The summed E-state index contributed by atoms with van der Waals surface area (Å²) < 4.78 is 1.52. The van der Waals surface area contributed by atoms with Crippen molar-refractivity contribution in [3.8, 4) is 5.69 Å². The van der Waals surface area contributed by atoms with Crippen molar-refractivity contribution < 1.29 is 4.79 Å². The van der Waals surface area contributed by atoms with Crippen LogP contribution in [0.5, 0.6) is 0 Å². The molecule has 2 aromatic rings. The number of rotatable bonds is 3. The third-order valence-corrected chi connectivity index (χ3v) is 2.94. The van der Waals surface area contributed by atoms with Gasteiger partial charge in [0.2, 0.25) is 0 Å². The molecule has 0 atom stereocenters. The molecule has 17 heavy (non-hydrogen) atoms. The summed E-state index contributed by atoms with van der Waals surface area (Å²) in [4.78, 5) is 12.4. The summed E-state index contributed by atoms with van der Waals surface area (Å²) in [5.41, 5.74) is 3.03. The van der Waals surface area contributed by atoms with E-state index in [0.29, 0.717) is 0 Å². The third-order valence-electron chi connectivity index (χ3n) is 2.19. The van der Waals surface area contributed by atoms with Crippen LogP contribution in [0.15, 0.2) is 35.4 Å². The number of aromatic nitrogens is 3. The van der Waals surface area contributed by atoms with Gasteiger partial charge in [0.25, 0.3) is 5.91 Å². The van der Waals surface area contributed by atoms with Gasteiger partial charge in [-0.15, -0.1) is 16.9 Å². The Hall–Kier alpha value is -1.86. The first-order chi connectivity index (χ1) is 8.24. The number of carbonyl (C=O) groups excluding carboxylic acids is 1. The maximum absolute atomic E-state index is 11.2. The topological polar surface area (TPSA) is 85.8 Å². The fourth-order valence-corrected chi connectivity index (χ4v) is 1.71. The summed E-state index contributed by atoms with van der Waals surface area (Å²) in [5, 5.41) is 7.58. The number of thioether (sulfide) groups is 1. The maximum Gasteiger partial charge on any atom is 0.287 e. The number of carbonyl (C=O) groups is 1. The van der Waals surface area contributed by atoms with E-state index in [1.165, 1.54) is 10.9 Å². The van der Waals surface area contributed by atoms with E-state index in [1.54, 1.807) is 11.8 Å². The molecule has 2 rings (SSSR count). The quantitative estimate of drug-likeness (QED) is 0.360. The number of nitrogens with zero attached hydrogens (tertiary/aromatic N) is 3. The van der Waals surface area contributed by atoms with E-state index in [-0.39, 0.29) is 5.69 Å². The fraction of sp³-hybridized carbons (Fsp3) is 0.100. The minimum absolute atomic E-state index is 0.182. The van der Waals surface area contributed by atoms with Gasteiger partial charge in [-0.05, 0) is 30.5 Å². The van der Waals surface area contributed by atoms with Crippen molar-refractivity contribution in [3.05, 3.63) is 36.2 Å². The van der Waals surface area contributed by atoms with Gasteiger partial charge in [0.15, 0.2) is 5.69 Å². The highest BCUT2D eigenvalue weighted by atomic mass is 32.2. The van der Waals surface area contributed by atoms with Crippen molar-refractivity contribution in [1.82, 2.24) is 20.4 Å². The van der Waals surface area contributed by atoms with E-state index in [0.717, 1.165) is 10.6 Å². The normalized spacial score (nSPS) is 10.2. The number of hydrogen-bond acceptors (Lipinski definition) is 5. The van der Waals surface area contributed by atoms with Crippen LogP contribution >= 0.6 is 11.8 Å². The Labute approximate surface area is 102 Å². The molecule has 1 heterocycles. The van der Waals surface area contributed by atoms with Crippen molar-refractivity contribution >= 4 is 17.7 Å². The molecule has 0 saturated carbocycles. The van der Waals surface area contributed by atoms with E-state index in [1.807, 2.05) is 35.9 Å². The van der Waals surface area contributed by atoms with Gasteiger partial charge in [0.1, 0.15) is 0 Å². The lowest BCUT2D eigenvalue weighted by Gasteiger charge is -2.00. The average Bonchev–Trinajstić information content (AvgIpc) is 2.87. The van der Waals surface area contributed by atoms with Crippen LogP contribution in [0.2, 0.25) is 0 Å². The van der Waals surface area contributed by atoms with Gasteiger partial charge in [-0.2, -0.15) is 0 Å². The van der Waals surface area contributed by atoms with Crippen LogP contribution < -0.4 is 11.3 Å². The van der Waals surface area contributed by atoms with Crippen LogP contribution in [0.4, 0.5) is 0 Å². The van der Waals surface area contributed by atoms with E-state index in [4.69, 9.17) is 5.84 Å². The Morgan fingerprint density at radius 1 is 1.41 bits per heavy atom. The smallest absolute Gasteiger partial charge is 0.287 e. The molecule has 0 bridgehead atoms. The SMILES string of the molecule is CSc1ccc(-n2cc(C(=O)NN)nn2)cc1. The molecule has 0 aliphatic heterocycles. The second-order valence-electron chi connectivity index (χ2n) is 3.22. The number of benzene rings is 1. The summed E-state index contributed by atoms with van der Waals surface area (Å²) in [6, 6.07) is 7.77. The molecule has 1 aromatic carbocycles. The minimum atomic E-state index is -0.461. The first-order valence-corrected chi connectivity index (χ1v) is 6.05. The molecular weight excluding hydrogens is 238 g/mol. The van der Waals surface area contributed by atoms with Crippen LogP contribution in [-0.2, 0) is 0 Å². The van der Waals surface area contributed by atoms with Gasteiger partial charge in [-0.1, -0.05) is 5.21 Å². The molecule has 0 fully saturated rings. The van der Waals surface area contributed by atoms with Crippen molar-refractivity contribution in [1.29, 1.82) is 0 Å². The Bertz CT molecular complexity index is 522. The van der Waals surface area contributed by atoms with Crippen molar-refractivity contribution in [2.24, 2.45) is 5.84 Å². The van der Waals surface area contributed by atoms with Gasteiger partial charge in [0.05, 0.1) is 11.9 Å². The van der Waals surface area contributed by atoms with Gasteiger partial charge in [-0.25, -0.2) is 10.5 Å². The lowest BCUT2D eigenvalue weighted by Crippen LogP contribution is -2.30. The second kappa shape index (κ2) is 4.98. The average molecular weight is 249 g/mol. The summed E-state index contributed by atoms with van der Waals surface area (Å²) in [5.74, 6) is 4.55. The number of nitrogen functional groups attached to an aromatic ring is 1. The number of hydrogen-bond donors (Lipinski definition) is 2. The van der Waals surface area contributed by atoms with Crippen LogP contribution in [0.3, 0.4) is 0 Å². The van der Waals surface area contributed by atoms with Gasteiger partial charge in [-0.3, -0.25) is 10.2 Å². The fourth-order valence-electron chi connectivity index (χ4n) is 1.30. The summed E-state index contributed by atoms with van der Waals surface area (Å²) in [6.45, 7) is 0. The standard InChI is InChI=1S/C10H11N5OS/c1-17-8-4-2-7(3-5-8)15-6-9(13-14-15)10(16)12-11/h2-6H,11H2,1H3,(H,12,16). The zero-order valence-corrected chi connectivity index (χ0v) is 9.94. The molecule has 7 heteroatoms. The van der Waals surface area contributed by atoms with Crippen LogP contribution in [0.25, 0.3) is 5.69 Å². The predicted molar refractivity (Wildman–Crippen MR) is 64.8 cm³/mol. The van der Waals surface area contributed by atoms with Gasteiger partial charge >= 0.3 is 0 Å². The Balaban J connectivity index is 2.27. The van der Waals surface area contributed by atoms with Gasteiger partial charge < -0.3 is 0 Å². The number of nitrogens with two attached hydrogens (primary N) is 1. The molecular formula is C10H11N5OS. The largest absolute Gasteiger partial charge is 0.289 e. The third kappa shape index (κ3) is 2.45. The number of hydrazine groups is 1. The summed E-state index contributed by atoms with van der Waals surface area (Å²) >= 11 is 1.66. The lowest BCUT2D eigenvalue weighted by molar-refractivity contribution is 0.0948. The molecule has 0 aliphatic rings. The number of amides is 1. The van der Waals surface area contributed by atoms with E-state index in [2.05, 4.69) is 10.3 Å². The second-order valence-corrected chi connectivity index (χ2v) is 4.10. The molecule has 3 N–H and O–H groups in total. The zero-order valence-electron chi connectivity index (χ0n) is 9.12. The maximum atomic E-state index is 11.2. The van der Waals surface area contributed by atoms with E-state index >= 15 is 0 Å². The van der Waals surface area contributed by atoms with E-state index < -0.39 is 5.91 Å². The highest BCUT2D eigenvalue weighted by Crippen LogP contribution is 2.16. The molecule has 88 valence electrons. The first kappa shape index (κ1) is 11.6. The Kier molecular flexibility index (Phi) is 3.40. The van der Waals surface area contributed by atoms with Crippen LogP contribution in [0, 0.1) is 0 Å². The molecule has 0 radical (unpaired) electrons. The highest BCUT2D eigenvalue weighted by Gasteiger charge is 2.09. The molecule has 0 saturated heterocycles. The van der Waals surface area contributed by atoms with Crippen LogP contribution in [-0.4, -0.2) is 27.2 Å². The van der Waals surface area contributed by atoms with Crippen molar-refractivity contribution in [2.45, 2.75) is 4.90 Å². The summed E-state index contributed by atoms with van der Waals surface area (Å²) in [6.07, 6.45) is 3.53. The minimum Gasteiger partial charge on any atom is -0.289 e. The predicted octanol–water partition coefficient (Wildman–Crippen LogP) is 0.593. The molecule has 0 unspecified atom stereocenters. The molecule has 6 nitrogen and oxygen atoms in total. The van der Waals surface area contributed by atoms with Crippen LogP contribution in [0.1, 0.15) is 10.5 Å². The molecule has 1 amide bonds. The molecule has 0 spiro atoms. The molecule has 0 aliphatic carbocycles. The van der Waals surface area contributed by atoms with Crippen molar-refractivity contribution in [2.75, 3.05) is 6.26 Å². The zero-order chi connectivity index (χ0) is 12.3. The molecule has 1 aromatic heterocycles. The van der Waals surface area contributed by atoms with E-state index in [9.17, 15) is 4.79 Å². The Morgan fingerprint density at radius 3 is 2.71 bits per heavy atom. The first-order valence-electron chi connectivity index (χ1n) is 4.82. The highest BCUT2D eigenvalue weighted by molar-refractivity contribution is 7.98. The monoisotopic (exact) mass is 249 g/mol.